The Hall–Kier alpha value is -1.55. The molecule has 4 nitrogen and oxygen atoms in total. The summed E-state index contributed by atoms with van der Waals surface area (Å²) in [6.07, 6.45) is 1.21. The number of carbonyl (C=O) groups is 1. The third-order valence-electron chi connectivity index (χ3n) is 3.16. The van der Waals surface area contributed by atoms with Gasteiger partial charge in [0.1, 0.15) is 11.3 Å². The van der Waals surface area contributed by atoms with E-state index in [1.807, 2.05) is 31.2 Å². The number of carboxylic acid groups (broad SMARTS) is 1. The molecule has 0 spiro atoms. The molecule has 4 heteroatoms. The van der Waals surface area contributed by atoms with E-state index in [9.17, 15) is 9.90 Å². The summed E-state index contributed by atoms with van der Waals surface area (Å²) in [5.41, 5.74) is 0.260. The Morgan fingerprint density at radius 2 is 2.12 bits per heavy atom. The minimum atomic E-state index is -0.766. The van der Waals surface area contributed by atoms with Gasteiger partial charge in [-0.3, -0.25) is 4.79 Å². The monoisotopic (exact) mass is 235 g/mol. The number of aliphatic carboxylic acids is 1. The predicted molar refractivity (Wildman–Crippen MR) is 64.3 cm³/mol. The van der Waals surface area contributed by atoms with Crippen molar-refractivity contribution in [2.45, 2.75) is 25.3 Å². The number of rotatable bonds is 5. The first-order valence-corrected chi connectivity index (χ1v) is 5.86. The second-order valence-electron chi connectivity index (χ2n) is 4.32. The highest BCUT2D eigenvalue weighted by atomic mass is 16.5. The van der Waals surface area contributed by atoms with Gasteiger partial charge in [0, 0.05) is 6.42 Å². The van der Waals surface area contributed by atoms with Gasteiger partial charge in [-0.25, -0.2) is 0 Å². The zero-order chi connectivity index (χ0) is 12.3. The Labute approximate surface area is 101 Å². The zero-order valence-electron chi connectivity index (χ0n) is 9.90. The lowest BCUT2D eigenvalue weighted by Gasteiger charge is -2.39. The minimum absolute atomic E-state index is 0.523. The molecule has 1 aliphatic rings. The number of benzene rings is 1. The van der Waals surface area contributed by atoms with Crippen LogP contribution in [-0.2, 0) is 11.2 Å². The van der Waals surface area contributed by atoms with Crippen LogP contribution in [0.5, 0.6) is 5.75 Å². The van der Waals surface area contributed by atoms with Crippen molar-refractivity contribution in [2.24, 2.45) is 0 Å². The molecule has 0 saturated carbocycles. The minimum Gasteiger partial charge on any atom is -0.494 e. The highest BCUT2D eigenvalue weighted by Gasteiger charge is 2.43. The van der Waals surface area contributed by atoms with Crippen LogP contribution in [0.15, 0.2) is 24.3 Å². The summed E-state index contributed by atoms with van der Waals surface area (Å²) >= 11 is 0. The van der Waals surface area contributed by atoms with E-state index < -0.39 is 11.5 Å². The molecule has 92 valence electrons. The molecule has 1 aliphatic heterocycles. The fraction of sp³-hybridized carbons (Fsp3) is 0.462. The fourth-order valence-electron chi connectivity index (χ4n) is 2.05. The highest BCUT2D eigenvalue weighted by molar-refractivity contribution is 5.80. The van der Waals surface area contributed by atoms with Crippen molar-refractivity contribution < 1.29 is 14.6 Å². The summed E-state index contributed by atoms with van der Waals surface area (Å²) in [5.74, 6) is 0.0554. The molecule has 0 amide bonds. The second-order valence-corrected chi connectivity index (χ2v) is 4.32. The Morgan fingerprint density at radius 1 is 1.47 bits per heavy atom. The summed E-state index contributed by atoms with van der Waals surface area (Å²) in [6.45, 7) is 3.36. The van der Waals surface area contributed by atoms with Crippen LogP contribution in [0.3, 0.4) is 0 Å². The maximum Gasteiger partial charge on any atom is 0.324 e. The van der Waals surface area contributed by atoms with E-state index in [0.29, 0.717) is 19.4 Å². The van der Waals surface area contributed by atoms with Gasteiger partial charge < -0.3 is 15.2 Å². The lowest BCUT2D eigenvalue weighted by Crippen LogP contribution is -2.63. The van der Waals surface area contributed by atoms with E-state index in [0.717, 1.165) is 17.9 Å². The lowest BCUT2D eigenvalue weighted by molar-refractivity contribution is -0.148. The smallest absolute Gasteiger partial charge is 0.324 e. The Balaban J connectivity index is 2.05. The summed E-state index contributed by atoms with van der Waals surface area (Å²) < 4.78 is 5.35. The van der Waals surface area contributed by atoms with Crippen LogP contribution in [0.1, 0.15) is 18.9 Å². The molecule has 1 saturated heterocycles. The highest BCUT2D eigenvalue weighted by Crippen LogP contribution is 2.25. The maximum absolute atomic E-state index is 11.2. The van der Waals surface area contributed by atoms with E-state index in [1.54, 1.807) is 0 Å². The number of hydrogen-bond donors (Lipinski definition) is 2. The quantitative estimate of drug-likeness (QED) is 0.811. The summed E-state index contributed by atoms with van der Waals surface area (Å²) in [4.78, 5) is 11.2. The molecule has 0 aliphatic carbocycles. The van der Waals surface area contributed by atoms with Gasteiger partial charge in [-0.15, -0.1) is 0 Å². The topological polar surface area (TPSA) is 58.6 Å². The molecule has 0 unspecified atom stereocenters. The fourth-order valence-corrected chi connectivity index (χ4v) is 2.05. The first-order valence-electron chi connectivity index (χ1n) is 5.86. The molecule has 1 heterocycles. The normalized spacial score (nSPS) is 22.9. The largest absolute Gasteiger partial charge is 0.494 e. The third-order valence-corrected chi connectivity index (χ3v) is 3.16. The average Bonchev–Trinajstić information content (AvgIpc) is 2.25. The molecule has 1 aromatic carbocycles. The van der Waals surface area contributed by atoms with Crippen LogP contribution in [0.2, 0.25) is 0 Å². The summed E-state index contributed by atoms with van der Waals surface area (Å²) in [7, 11) is 0. The van der Waals surface area contributed by atoms with Crippen LogP contribution >= 0.6 is 0 Å². The molecule has 2 N–H and O–H groups in total. The van der Waals surface area contributed by atoms with E-state index >= 15 is 0 Å². The van der Waals surface area contributed by atoms with E-state index in [2.05, 4.69) is 5.32 Å². The first-order chi connectivity index (χ1) is 8.16. The predicted octanol–water partition coefficient (Wildman–Crippen LogP) is 1.44. The van der Waals surface area contributed by atoms with Crippen molar-refractivity contribution in [3.05, 3.63) is 29.8 Å². The Kier molecular flexibility index (Phi) is 3.33. The van der Waals surface area contributed by atoms with Gasteiger partial charge in [-0.1, -0.05) is 12.1 Å². The molecular weight excluding hydrogens is 218 g/mol. The molecule has 0 bridgehead atoms. The standard InChI is InChI=1S/C13H17NO3/c1-2-17-11-5-3-10(4-6-11)9-13(12(15)16)7-8-14-13/h3-6,14H,2,7-9H2,1H3,(H,15,16)/t13-/m1/s1. The van der Waals surface area contributed by atoms with Gasteiger partial charge in [0.25, 0.3) is 0 Å². The van der Waals surface area contributed by atoms with Crippen molar-refractivity contribution >= 4 is 5.97 Å². The number of nitrogens with one attached hydrogen (secondary N) is 1. The van der Waals surface area contributed by atoms with Gasteiger partial charge in [0.15, 0.2) is 0 Å². The van der Waals surface area contributed by atoms with E-state index in [4.69, 9.17) is 4.74 Å². The number of hydrogen-bond acceptors (Lipinski definition) is 3. The maximum atomic E-state index is 11.2. The molecule has 0 radical (unpaired) electrons. The van der Waals surface area contributed by atoms with Crippen molar-refractivity contribution in [1.29, 1.82) is 0 Å². The lowest BCUT2D eigenvalue weighted by atomic mass is 9.82. The molecule has 2 rings (SSSR count). The SMILES string of the molecule is CCOc1ccc(C[C@@]2(C(=O)O)CCN2)cc1. The molecular formula is C13H17NO3. The molecule has 1 atom stereocenters. The average molecular weight is 235 g/mol. The molecule has 1 aromatic rings. The van der Waals surface area contributed by atoms with Gasteiger partial charge in [-0.2, -0.15) is 0 Å². The number of carboxylic acids is 1. The molecule has 17 heavy (non-hydrogen) atoms. The summed E-state index contributed by atoms with van der Waals surface area (Å²) in [6, 6.07) is 7.62. The van der Waals surface area contributed by atoms with Crippen molar-refractivity contribution in [3.63, 3.8) is 0 Å². The van der Waals surface area contributed by atoms with Crippen molar-refractivity contribution in [1.82, 2.24) is 5.32 Å². The van der Waals surface area contributed by atoms with Gasteiger partial charge in [0.05, 0.1) is 6.61 Å². The zero-order valence-corrected chi connectivity index (χ0v) is 9.90. The van der Waals surface area contributed by atoms with Crippen LogP contribution in [0.4, 0.5) is 0 Å². The van der Waals surface area contributed by atoms with Crippen LogP contribution in [0, 0.1) is 0 Å². The van der Waals surface area contributed by atoms with Crippen LogP contribution in [-0.4, -0.2) is 29.8 Å². The Bertz CT molecular complexity index is 396. The summed E-state index contributed by atoms with van der Waals surface area (Å²) in [5, 5.41) is 12.2. The first kappa shape index (κ1) is 11.9. The molecule has 1 fully saturated rings. The van der Waals surface area contributed by atoms with Gasteiger partial charge in [-0.05, 0) is 37.6 Å². The Morgan fingerprint density at radius 3 is 2.53 bits per heavy atom. The third kappa shape index (κ3) is 2.42. The van der Waals surface area contributed by atoms with Crippen molar-refractivity contribution in [3.8, 4) is 5.75 Å². The van der Waals surface area contributed by atoms with Gasteiger partial charge in [0.2, 0.25) is 0 Å². The van der Waals surface area contributed by atoms with Crippen LogP contribution < -0.4 is 10.1 Å². The van der Waals surface area contributed by atoms with Crippen LogP contribution in [0.25, 0.3) is 0 Å². The second kappa shape index (κ2) is 4.75. The van der Waals surface area contributed by atoms with Gasteiger partial charge >= 0.3 is 5.97 Å². The van der Waals surface area contributed by atoms with E-state index in [-0.39, 0.29) is 0 Å². The van der Waals surface area contributed by atoms with Crippen molar-refractivity contribution in [2.75, 3.05) is 13.2 Å². The molecule has 0 aromatic heterocycles. The number of ether oxygens (including phenoxy) is 1. The van der Waals surface area contributed by atoms with E-state index in [1.165, 1.54) is 0 Å².